The van der Waals surface area contributed by atoms with Gasteiger partial charge in [-0.15, -0.1) is 0 Å². The summed E-state index contributed by atoms with van der Waals surface area (Å²) in [4.78, 5) is 0. The van der Waals surface area contributed by atoms with Gasteiger partial charge >= 0.3 is 0 Å². The molecule has 0 amide bonds. The highest BCUT2D eigenvalue weighted by Crippen LogP contribution is 2.26. The molecule has 0 heterocycles. The Morgan fingerprint density at radius 2 is 2.25 bits per heavy atom. The van der Waals surface area contributed by atoms with Gasteiger partial charge in [0, 0.05) is 6.54 Å². The van der Waals surface area contributed by atoms with Crippen molar-refractivity contribution in [1.29, 1.82) is 0 Å². The third kappa shape index (κ3) is 1.07. The number of benzene rings is 1. The lowest BCUT2D eigenvalue weighted by Gasteiger charge is -2.03. The molecule has 2 N–H and O–H groups in total. The molecule has 1 aliphatic carbocycles. The Labute approximate surface area is 72.9 Å². The molecule has 0 spiro atoms. The highest BCUT2D eigenvalue weighted by Gasteiger charge is 2.11. The van der Waals surface area contributed by atoms with Crippen molar-refractivity contribution in [3.05, 3.63) is 41.0 Å². The fourth-order valence-electron chi connectivity index (χ4n) is 1.70. The highest BCUT2D eigenvalue weighted by atomic mass is 14.5. The number of hydrogen-bond donors (Lipinski definition) is 1. The number of nitrogens with two attached hydrogens (primary N) is 1. The van der Waals surface area contributed by atoms with Crippen LogP contribution in [0.3, 0.4) is 0 Å². The van der Waals surface area contributed by atoms with Crippen molar-refractivity contribution >= 4 is 5.57 Å². The summed E-state index contributed by atoms with van der Waals surface area (Å²) in [7, 11) is 0. The smallest absolute Gasteiger partial charge is 0.0181 e. The molecular weight excluding hydrogens is 146 g/mol. The Kier molecular flexibility index (Phi) is 1.74. The maximum Gasteiger partial charge on any atom is 0.0181 e. The van der Waals surface area contributed by atoms with Crippen LogP contribution in [0.25, 0.3) is 5.57 Å². The van der Waals surface area contributed by atoms with Gasteiger partial charge in [0.25, 0.3) is 0 Å². The summed E-state index contributed by atoms with van der Waals surface area (Å²) in [5.74, 6) is 0. The highest BCUT2D eigenvalue weighted by molar-refractivity contribution is 5.74. The van der Waals surface area contributed by atoms with Crippen molar-refractivity contribution in [2.45, 2.75) is 13.3 Å². The van der Waals surface area contributed by atoms with Crippen molar-refractivity contribution in [2.75, 3.05) is 6.54 Å². The molecule has 62 valence electrons. The predicted octanol–water partition coefficient (Wildman–Crippen LogP) is 1.89. The normalized spacial score (nSPS) is 14.3. The maximum atomic E-state index is 5.63. The Bertz CT molecular complexity index is 337. The van der Waals surface area contributed by atoms with Gasteiger partial charge < -0.3 is 5.73 Å². The second-order valence-corrected chi connectivity index (χ2v) is 3.30. The number of rotatable bonds is 1. The van der Waals surface area contributed by atoms with Gasteiger partial charge in [-0.3, -0.25) is 0 Å². The van der Waals surface area contributed by atoms with Crippen LogP contribution in [-0.4, -0.2) is 6.54 Å². The van der Waals surface area contributed by atoms with E-state index in [1.807, 2.05) is 0 Å². The summed E-state index contributed by atoms with van der Waals surface area (Å²) in [6.45, 7) is 2.78. The Morgan fingerprint density at radius 1 is 1.42 bits per heavy atom. The maximum absolute atomic E-state index is 5.63. The first-order valence-electron chi connectivity index (χ1n) is 4.30. The van der Waals surface area contributed by atoms with E-state index in [0.29, 0.717) is 6.54 Å². The summed E-state index contributed by atoms with van der Waals surface area (Å²) in [6.07, 6.45) is 3.28. The largest absolute Gasteiger partial charge is 0.326 e. The zero-order chi connectivity index (χ0) is 8.55. The van der Waals surface area contributed by atoms with Crippen molar-refractivity contribution in [1.82, 2.24) is 0 Å². The van der Waals surface area contributed by atoms with Crippen molar-refractivity contribution in [3.63, 3.8) is 0 Å². The molecule has 12 heavy (non-hydrogen) atoms. The lowest BCUT2D eigenvalue weighted by atomic mass is 10.0. The van der Waals surface area contributed by atoms with Gasteiger partial charge in [0.2, 0.25) is 0 Å². The molecule has 0 bridgehead atoms. The van der Waals surface area contributed by atoms with E-state index in [4.69, 9.17) is 5.73 Å². The molecule has 0 fully saturated rings. The summed E-state index contributed by atoms with van der Waals surface area (Å²) >= 11 is 0. The van der Waals surface area contributed by atoms with Crippen LogP contribution in [0.1, 0.15) is 16.7 Å². The SMILES string of the molecule is Cc1ccc2c(c1)C(CN)=CC2. The average Bonchev–Trinajstić information content (AvgIpc) is 2.46. The topological polar surface area (TPSA) is 26.0 Å². The van der Waals surface area contributed by atoms with Gasteiger partial charge in [-0.25, -0.2) is 0 Å². The van der Waals surface area contributed by atoms with Crippen molar-refractivity contribution in [3.8, 4) is 0 Å². The second kappa shape index (κ2) is 2.76. The van der Waals surface area contributed by atoms with Crippen LogP contribution in [-0.2, 0) is 6.42 Å². The molecule has 0 radical (unpaired) electrons. The minimum Gasteiger partial charge on any atom is -0.326 e. The van der Waals surface area contributed by atoms with Gasteiger partial charge in [-0.2, -0.15) is 0 Å². The molecule has 0 atom stereocenters. The standard InChI is InChI=1S/C11H13N/c1-8-2-3-9-4-5-10(7-12)11(9)6-8/h2-3,5-6H,4,7,12H2,1H3. The Morgan fingerprint density at radius 3 is 3.00 bits per heavy atom. The molecule has 1 aromatic carbocycles. The fraction of sp³-hybridized carbons (Fsp3) is 0.273. The van der Waals surface area contributed by atoms with Gasteiger partial charge in [-0.05, 0) is 30.0 Å². The minimum atomic E-state index is 0.663. The van der Waals surface area contributed by atoms with Crippen LogP contribution in [0.2, 0.25) is 0 Å². The lowest BCUT2D eigenvalue weighted by Crippen LogP contribution is -2.00. The predicted molar refractivity (Wildman–Crippen MR) is 51.9 cm³/mol. The van der Waals surface area contributed by atoms with E-state index in [1.54, 1.807) is 0 Å². The Hall–Kier alpha value is -1.08. The van der Waals surface area contributed by atoms with Crippen LogP contribution in [0.15, 0.2) is 24.3 Å². The zero-order valence-corrected chi connectivity index (χ0v) is 7.30. The summed E-state index contributed by atoms with van der Waals surface area (Å²) in [5, 5.41) is 0. The monoisotopic (exact) mass is 159 g/mol. The molecule has 2 rings (SSSR count). The van der Waals surface area contributed by atoms with E-state index in [9.17, 15) is 0 Å². The molecular formula is C11H13N. The first-order valence-corrected chi connectivity index (χ1v) is 4.30. The van der Waals surface area contributed by atoms with Crippen LogP contribution < -0.4 is 5.73 Å². The van der Waals surface area contributed by atoms with Gasteiger partial charge in [-0.1, -0.05) is 29.8 Å². The molecule has 1 heteroatoms. The molecule has 1 nitrogen and oxygen atoms in total. The summed E-state index contributed by atoms with van der Waals surface area (Å²) in [6, 6.07) is 6.58. The molecule has 1 aliphatic rings. The first-order chi connectivity index (χ1) is 5.81. The summed E-state index contributed by atoms with van der Waals surface area (Å²) < 4.78 is 0. The van der Waals surface area contributed by atoms with Crippen molar-refractivity contribution < 1.29 is 0 Å². The van der Waals surface area contributed by atoms with E-state index in [2.05, 4.69) is 31.2 Å². The second-order valence-electron chi connectivity index (χ2n) is 3.30. The summed E-state index contributed by atoms with van der Waals surface area (Å²) in [5.41, 5.74) is 11.0. The molecule has 0 saturated heterocycles. The van der Waals surface area contributed by atoms with Crippen molar-refractivity contribution in [2.24, 2.45) is 5.73 Å². The van der Waals surface area contributed by atoms with E-state index >= 15 is 0 Å². The van der Waals surface area contributed by atoms with E-state index < -0.39 is 0 Å². The zero-order valence-electron chi connectivity index (χ0n) is 7.30. The molecule has 0 aromatic heterocycles. The van der Waals surface area contributed by atoms with Crippen LogP contribution in [0, 0.1) is 6.92 Å². The Balaban J connectivity index is 2.50. The number of hydrogen-bond acceptors (Lipinski definition) is 1. The fourth-order valence-corrected chi connectivity index (χ4v) is 1.70. The van der Waals surface area contributed by atoms with E-state index in [0.717, 1.165) is 6.42 Å². The number of aryl methyl sites for hydroxylation is 1. The first kappa shape index (κ1) is 7.56. The third-order valence-corrected chi connectivity index (χ3v) is 2.40. The molecule has 0 saturated carbocycles. The number of fused-ring (bicyclic) bond motifs is 1. The molecule has 0 unspecified atom stereocenters. The molecule has 0 aliphatic heterocycles. The van der Waals surface area contributed by atoms with Gasteiger partial charge in [0.05, 0.1) is 0 Å². The number of allylic oxidation sites excluding steroid dienone is 1. The van der Waals surface area contributed by atoms with Crippen LogP contribution in [0.4, 0.5) is 0 Å². The van der Waals surface area contributed by atoms with Gasteiger partial charge in [0.1, 0.15) is 0 Å². The van der Waals surface area contributed by atoms with Crippen LogP contribution >= 0.6 is 0 Å². The average molecular weight is 159 g/mol. The quantitative estimate of drug-likeness (QED) is 0.665. The van der Waals surface area contributed by atoms with E-state index in [1.165, 1.54) is 22.3 Å². The van der Waals surface area contributed by atoms with Crippen LogP contribution in [0.5, 0.6) is 0 Å². The minimum absolute atomic E-state index is 0.663. The van der Waals surface area contributed by atoms with E-state index in [-0.39, 0.29) is 0 Å². The van der Waals surface area contributed by atoms with Gasteiger partial charge in [0.15, 0.2) is 0 Å². The lowest BCUT2D eigenvalue weighted by molar-refractivity contribution is 1.27. The third-order valence-electron chi connectivity index (χ3n) is 2.40. The molecule has 1 aromatic rings.